The fraction of sp³-hybridized carbons (Fsp3) is 0. The van der Waals surface area contributed by atoms with Gasteiger partial charge in [-0.1, -0.05) is 0 Å². The van der Waals surface area contributed by atoms with Crippen LogP contribution in [0.1, 0.15) is 10.5 Å². The van der Waals surface area contributed by atoms with E-state index in [0.717, 1.165) is 10.2 Å². The zero-order chi connectivity index (χ0) is 13.1. The van der Waals surface area contributed by atoms with Crippen LogP contribution >= 0.6 is 11.3 Å². The largest absolute Gasteiger partial charge is 0.289 e. The van der Waals surface area contributed by atoms with Crippen LogP contribution in [-0.4, -0.2) is 25.8 Å². The lowest BCUT2D eigenvalue weighted by Crippen LogP contribution is -2.30. The van der Waals surface area contributed by atoms with Crippen molar-refractivity contribution < 1.29 is 4.79 Å². The van der Waals surface area contributed by atoms with E-state index in [-0.39, 0.29) is 11.6 Å². The zero-order valence-electron chi connectivity index (χ0n) is 9.57. The summed E-state index contributed by atoms with van der Waals surface area (Å²) in [6, 6.07) is 1.89. The van der Waals surface area contributed by atoms with E-state index in [1.165, 1.54) is 36.3 Å². The van der Waals surface area contributed by atoms with Crippen molar-refractivity contribution in [3.8, 4) is 0 Å². The molecule has 0 atom stereocenters. The van der Waals surface area contributed by atoms with E-state index in [2.05, 4.69) is 30.8 Å². The van der Waals surface area contributed by atoms with Gasteiger partial charge in [0, 0.05) is 12.4 Å². The Morgan fingerprint density at radius 3 is 3.00 bits per heavy atom. The maximum Gasteiger partial charge on any atom is 0.289 e. The minimum absolute atomic E-state index is 0.227. The Hall–Kier alpha value is -2.61. The standard InChI is InChI=1S/C11H8N6OS/c18-10(8-5-12-2-3-13-8)17-16-9-7-1-4-19-11(7)15-6-14-9/h1-6H,(H,17,18)(H,14,15,16). The molecule has 2 N–H and O–H groups in total. The molecule has 8 heteroatoms. The summed E-state index contributed by atoms with van der Waals surface area (Å²) in [6.45, 7) is 0. The lowest BCUT2D eigenvalue weighted by atomic mass is 10.4. The first-order chi connectivity index (χ1) is 9.34. The van der Waals surface area contributed by atoms with Crippen LogP contribution in [0.15, 0.2) is 36.4 Å². The minimum Gasteiger partial charge on any atom is -0.281 e. The van der Waals surface area contributed by atoms with Crippen molar-refractivity contribution in [3.63, 3.8) is 0 Å². The molecule has 0 fully saturated rings. The van der Waals surface area contributed by atoms with E-state index in [4.69, 9.17) is 0 Å². The van der Waals surface area contributed by atoms with Crippen molar-refractivity contribution >= 4 is 33.3 Å². The molecule has 1 amide bonds. The molecule has 7 nitrogen and oxygen atoms in total. The second-order valence-corrected chi connectivity index (χ2v) is 4.43. The van der Waals surface area contributed by atoms with Crippen LogP contribution in [-0.2, 0) is 0 Å². The van der Waals surface area contributed by atoms with Crippen LogP contribution in [0.25, 0.3) is 10.2 Å². The van der Waals surface area contributed by atoms with Gasteiger partial charge in [0.2, 0.25) is 0 Å². The third-order valence-electron chi connectivity index (χ3n) is 2.35. The number of hydrogen-bond donors (Lipinski definition) is 2. The fourth-order valence-electron chi connectivity index (χ4n) is 1.49. The van der Waals surface area contributed by atoms with Crippen molar-refractivity contribution in [2.45, 2.75) is 0 Å². The van der Waals surface area contributed by atoms with Gasteiger partial charge in [0.05, 0.1) is 11.6 Å². The summed E-state index contributed by atoms with van der Waals surface area (Å²) in [7, 11) is 0. The number of nitrogens with zero attached hydrogens (tertiary/aromatic N) is 4. The molecule has 0 aliphatic rings. The van der Waals surface area contributed by atoms with Crippen LogP contribution in [0.3, 0.4) is 0 Å². The predicted molar refractivity (Wildman–Crippen MR) is 70.5 cm³/mol. The van der Waals surface area contributed by atoms with Gasteiger partial charge < -0.3 is 0 Å². The van der Waals surface area contributed by atoms with E-state index in [1.54, 1.807) is 0 Å². The van der Waals surface area contributed by atoms with Gasteiger partial charge in [-0.15, -0.1) is 11.3 Å². The van der Waals surface area contributed by atoms with Crippen LogP contribution in [0.2, 0.25) is 0 Å². The Bertz CT molecular complexity index is 713. The summed E-state index contributed by atoms with van der Waals surface area (Å²) in [5.41, 5.74) is 5.51. The van der Waals surface area contributed by atoms with Crippen LogP contribution < -0.4 is 10.9 Å². The summed E-state index contributed by atoms with van der Waals surface area (Å²) in [6.07, 6.45) is 5.78. The Kier molecular flexibility index (Phi) is 2.99. The molecule has 3 heterocycles. The number of carbonyl (C=O) groups excluding carboxylic acids is 1. The van der Waals surface area contributed by atoms with Gasteiger partial charge in [-0.3, -0.25) is 20.6 Å². The van der Waals surface area contributed by atoms with Crippen molar-refractivity contribution in [2.75, 3.05) is 5.43 Å². The van der Waals surface area contributed by atoms with Gasteiger partial charge in [-0.2, -0.15) is 0 Å². The van der Waals surface area contributed by atoms with Crippen LogP contribution in [0.4, 0.5) is 5.82 Å². The lowest BCUT2D eigenvalue weighted by molar-refractivity contribution is 0.0957. The average molecular weight is 272 g/mol. The molecule has 0 radical (unpaired) electrons. The highest BCUT2D eigenvalue weighted by atomic mass is 32.1. The molecule has 0 saturated carbocycles. The van der Waals surface area contributed by atoms with Gasteiger partial charge in [0.1, 0.15) is 16.9 Å². The molecule has 3 rings (SSSR count). The topological polar surface area (TPSA) is 92.7 Å². The molecular weight excluding hydrogens is 264 g/mol. The Morgan fingerprint density at radius 1 is 1.21 bits per heavy atom. The molecule has 0 spiro atoms. The van der Waals surface area contributed by atoms with Crippen molar-refractivity contribution in [3.05, 3.63) is 42.1 Å². The number of amides is 1. The van der Waals surface area contributed by atoms with Gasteiger partial charge in [-0.25, -0.2) is 15.0 Å². The molecule has 0 aliphatic heterocycles. The quantitative estimate of drug-likeness (QED) is 0.697. The van der Waals surface area contributed by atoms with Crippen LogP contribution in [0.5, 0.6) is 0 Å². The smallest absolute Gasteiger partial charge is 0.281 e. The number of thiophene rings is 1. The third kappa shape index (κ3) is 2.33. The fourth-order valence-corrected chi connectivity index (χ4v) is 2.22. The predicted octanol–water partition coefficient (Wildman–Crippen LogP) is 1.24. The molecule has 0 bridgehead atoms. The molecule has 0 aliphatic carbocycles. The third-order valence-corrected chi connectivity index (χ3v) is 3.17. The second kappa shape index (κ2) is 4.94. The number of hydrazine groups is 1. The highest BCUT2D eigenvalue weighted by Gasteiger charge is 2.08. The van der Waals surface area contributed by atoms with E-state index < -0.39 is 0 Å². The van der Waals surface area contributed by atoms with Crippen LogP contribution in [0, 0.1) is 0 Å². The molecule has 3 aromatic rings. The SMILES string of the molecule is O=C(NNc1ncnc2sccc12)c1cnccn1. The van der Waals surface area contributed by atoms with E-state index in [0.29, 0.717) is 5.82 Å². The number of fused-ring (bicyclic) bond motifs is 1. The first-order valence-electron chi connectivity index (χ1n) is 5.35. The van der Waals surface area contributed by atoms with Gasteiger partial charge >= 0.3 is 0 Å². The number of aromatic nitrogens is 4. The van der Waals surface area contributed by atoms with Gasteiger partial charge in [0.25, 0.3) is 5.91 Å². The number of hydrogen-bond acceptors (Lipinski definition) is 7. The summed E-state index contributed by atoms with van der Waals surface area (Å²) in [5.74, 6) is 0.165. The number of carbonyl (C=O) groups is 1. The Morgan fingerprint density at radius 2 is 2.16 bits per heavy atom. The number of anilines is 1. The Labute approximate surface area is 111 Å². The molecule has 0 unspecified atom stereocenters. The zero-order valence-corrected chi connectivity index (χ0v) is 10.4. The molecule has 3 aromatic heterocycles. The second-order valence-electron chi connectivity index (χ2n) is 3.53. The highest BCUT2D eigenvalue weighted by Crippen LogP contribution is 2.22. The van der Waals surface area contributed by atoms with Crippen molar-refractivity contribution in [1.29, 1.82) is 0 Å². The molecule has 0 aromatic carbocycles. The molecular formula is C11H8N6OS. The molecule has 19 heavy (non-hydrogen) atoms. The van der Waals surface area contributed by atoms with E-state index in [9.17, 15) is 4.79 Å². The van der Waals surface area contributed by atoms with E-state index in [1.807, 2.05) is 11.4 Å². The summed E-state index contributed by atoms with van der Waals surface area (Å²) in [4.78, 5) is 28.6. The normalized spacial score (nSPS) is 10.3. The molecule has 0 saturated heterocycles. The summed E-state index contributed by atoms with van der Waals surface area (Å²) in [5, 5.41) is 2.77. The number of rotatable bonds is 3. The maximum atomic E-state index is 11.8. The van der Waals surface area contributed by atoms with E-state index >= 15 is 0 Å². The first-order valence-corrected chi connectivity index (χ1v) is 6.23. The van der Waals surface area contributed by atoms with Gasteiger partial charge in [0.15, 0.2) is 5.82 Å². The maximum absolute atomic E-state index is 11.8. The molecule has 94 valence electrons. The highest BCUT2D eigenvalue weighted by molar-refractivity contribution is 7.16. The van der Waals surface area contributed by atoms with Gasteiger partial charge in [-0.05, 0) is 11.4 Å². The van der Waals surface area contributed by atoms with Crippen molar-refractivity contribution in [2.24, 2.45) is 0 Å². The average Bonchev–Trinajstić information content (AvgIpc) is 2.94. The number of nitrogens with one attached hydrogen (secondary N) is 2. The lowest BCUT2D eigenvalue weighted by Gasteiger charge is -2.07. The van der Waals surface area contributed by atoms with Crippen molar-refractivity contribution in [1.82, 2.24) is 25.4 Å². The Balaban J connectivity index is 1.76. The summed E-state index contributed by atoms with van der Waals surface area (Å²) >= 11 is 1.51. The monoisotopic (exact) mass is 272 g/mol. The summed E-state index contributed by atoms with van der Waals surface area (Å²) < 4.78 is 0. The first kappa shape index (κ1) is 11.5. The minimum atomic E-state index is -0.380.